The maximum Gasteiger partial charge on any atom is 0.0885 e. The summed E-state index contributed by atoms with van der Waals surface area (Å²) >= 11 is 0. The molecule has 0 saturated carbocycles. The highest BCUT2D eigenvalue weighted by Crippen LogP contribution is 2.25. The zero-order chi connectivity index (χ0) is 13.7. The molecule has 3 nitrogen and oxygen atoms in total. The minimum atomic E-state index is 0.547. The van der Waals surface area contributed by atoms with Gasteiger partial charge in [-0.3, -0.25) is 4.98 Å². The van der Waals surface area contributed by atoms with E-state index in [0.29, 0.717) is 6.61 Å². The number of aromatic nitrogens is 1. The third-order valence-electron chi connectivity index (χ3n) is 3.12. The van der Waals surface area contributed by atoms with Crippen LogP contribution in [0, 0.1) is 0 Å². The van der Waals surface area contributed by atoms with E-state index in [2.05, 4.69) is 48.4 Å². The smallest absolute Gasteiger partial charge is 0.0885 e. The first-order valence-electron chi connectivity index (χ1n) is 6.93. The Morgan fingerprint density at radius 1 is 1.21 bits per heavy atom. The van der Waals surface area contributed by atoms with Gasteiger partial charge in [-0.2, -0.15) is 0 Å². The van der Waals surface area contributed by atoms with E-state index in [1.807, 2.05) is 0 Å². The molecule has 0 amide bonds. The summed E-state index contributed by atoms with van der Waals surface area (Å²) in [6, 6.07) is 8.62. The second kappa shape index (κ2) is 6.53. The van der Waals surface area contributed by atoms with E-state index in [1.165, 1.54) is 10.9 Å². The minimum absolute atomic E-state index is 0.547. The number of anilines is 1. The van der Waals surface area contributed by atoms with E-state index in [1.54, 1.807) is 7.11 Å². The fourth-order valence-electron chi connectivity index (χ4n) is 2.33. The van der Waals surface area contributed by atoms with E-state index in [0.717, 1.165) is 36.3 Å². The first kappa shape index (κ1) is 13.8. The van der Waals surface area contributed by atoms with Crippen molar-refractivity contribution in [2.75, 3.05) is 19.0 Å². The Balaban J connectivity index is 2.51. The minimum Gasteiger partial charge on any atom is -0.385 e. The second-order valence-corrected chi connectivity index (χ2v) is 4.73. The lowest BCUT2D eigenvalue weighted by Gasteiger charge is -2.11. The molecule has 2 aromatic rings. The summed E-state index contributed by atoms with van der Waals surface area (Å²) in [5.41, 5.74) is 4.52. The molecule has 19 heavy (non-hydrogen) atoms. The molecular weight excluding hydrogens is 236 g/mol. The number of fused-ring (bicyclic) bond motifs is 1. The maximum absolute atomic E-state index is 5.18. The highest BCUT2D eigenvalue weighted by atomic mass is 16.5. The molecule has 0 fully saturated rings. The van der Waals surface area contributed by atoms with Crippen molar-refractivity contribution in [2.24, 2.45) is 0 Å². The Kier molecular flexibility index (Phi) is 4.74. The molecule has 0 radical (unpaired) electrons. The van der Waals surface area contributed by atoms with Crippen molar-refractivity contribution in [3.05, 3.63) is 35.5 Å². The number of hydrogen-bond acceptors (Lipinski definition) is 3. The predicted molar refractivity (Wildman–Crippen MR) is 80.6 cm³/mol. The number of nitrogens with zero attached hydrogens (tertiary/aromatic N) is 1. The van der Waals surface area contributed by atoms with Gasteiger partial charge in [0.15, 0.2) is 0 Å². The normalized spacial score (nSPS) is 10.9. The average Bonchev–Trinajstić information content (AvgIpc) is 2.40. The molecule has 1 aromatic carbocycles. The van der Waals surface area contributed by atoms with Gasteiger partial charge in [-0.25, -0.2) is 0 Å². The van der Waals surface area contributed by atoms with Crippen LogP contribution < -0.4 is 5.32 Å². The molecule has 102 valence electrons. The molecule has 1 aromatic heterocycles. The Hall–Kier alpha value is -1.61. The highest BCUT2D eigenvalue weighted by Gasteiger charge is 2.06. The summed E-state index contributed by atoms with van der Waals surface area (Å²) in [4.78, 5) is 4.64. The number of hydrogen-bond donors (Lipinski definition) is 1. The van der Waals surface area contributed by atoms with Gasteiger partial charge in [-0.1, -0.05) is 19.4 Å². The van der Waals surface area contributed by atoms with Crippen molar-refractivity contribution in [1.82, 2.24) is 4.98 Å². The molecule has 0 aliphatic carbocycles. The zero-order valence-electron chi connectivity index (χ0n) is 12.0. The topological polar surface area (TPSA) is 34.1 Å². The van der Waals surface area contributed by atoms with Gasteiger partial charge in [0.1, 0.15) is 0 Å². The lowest BCUT2D eigenvalue weighted by Crippen LogP contribution is -2.02. The van der Waals surface area contributed by atoms with E-state index in [9.17, 15) is 0 Å². The van der Waals surface area contributed by atoms with Gasteiger partial charge >= 0.3 is 0 Å². The van der Waals surface area contributed by atoms with Crippen LogP contribution in [0.5, 0.6) is 0 Å². The van der Waals surface area contributed by atoms with E-state index >= 15 is 0 Å². The summed E-state index contributed by atoms with van der Waals surface area (Å²) in [5, 5.41) is 4.62. The van der Waals surface area contributed by atoms with Crippen molar-refractivity contribution in [3.63, 3.8) is 0 Å². The molecule has 0 aliphatic rings. The van der Waals surface area contributed by atoms with Crippen LogP contribution in [-0.2, 0) is 17.8 Å². The molecule has 1 N–H and O–H groups in total. The van der Waals surface area contributed by atoms with Crippen molar-refractivity contribution >= 4 is 16.6 Å². The summed E-state index contributed by atoms with van der Waals surface area (Å²) in [6.45, 7) is 5.77. The van der Waals surface area contributed by atoms with E-state index in [4.69, 9.17) is 4.74 Å². The summed E-state index contributed by atoms with van der Waals surface area (Å²) < 4.78 is 5.18. The number of rotatable bonds is 6. The summed E-state index contributed by atoms with van der Waals surface area (Å²) in [5.74, 6) is 0. The molecule has 0 aliphatic heterocycles. The molecule has 0 unspecified atom stereocenters. The number of aryl methyl sites for hydroxylation is 1. The standard InChI is InChI=1S/C16H22N2O/c1-4-6-12-7-8-15-14(9-12)16(17-5-2)10-13(18-15)11-19-3/h7-10H,4-6,11H2,1-3H3,(H,17,18). The van der Waals surface area contributed by atoms with E-state index in [-0.39, 0.29) is 0 Å². The Morgan fingerprint density at radius 3 is 2.74 bits per heavy atom. The molecule has 3 heteroatoms. The largest absolute Gasteiger partial charge is 0.385 e. The maximum atomic E-state index is 5.18. The SMILES string of the molecule is CCCc1ccc2nc(COC)cc(NCC)c2c1. The zero-order valence-corrected chi connectivity index (χ0v) is 12.0. The second-order valence-electron chi connectivity index (χ2n) is 4.73. The van der Waals surface area contributed by atoms with Crippen LogP contribution in [0.4, 0.5) is 5.69 Å². The number of methoxy groups -OCH3 is 1. The van der Waals surface area contributed by atoms with Gasteiger partial charge in [-0.15, -0.1) is 0 Å². The summed E-state index contributed by atoms with van der Waals surface area (Å²) in [6.07, 6.45) is 2.28. The van der Waals surface area contributed by atoms with E-state index < -0.39 is 0 Å². The van der Waals surface area contributed by atoms with Crippen LogP contribution in [0.2, 0.25) is 0 Å². The first-order chi connectivity index (χ1) is 9.28. The van der Waals surface area contributed by atoms with Gasteiger partial charge in [0.25, 0.3) is 0 Å². The first-order valence-corrected chi connectivity index (χ1v) is 6.93. The van der Waals surface area contributed by atoms with Crippen LogP contribution >= 0.6 is 0 Å². The molecule has 0 bridgehead atoms. The predicted octanol–water partition coefficient (Wildman–Crippen LogP) is 3.77. The van der Waals surface area contributed by atoms with Gasteiger partial charge in [-0.05, 0) is 37.1 Å². The molecule has 0 spiro atoms. The number of benzene rings is 1. The molecular formula is C16H22N2O. The van der Waals surface area contributed by atoms with Gasteiger partial charge < -0.3 is 10.1 Å². The average molecular weight is 258 g/mol. The lowest BCUT2D eigenvalue weighted by atomic mass is 10.1. The van der Waals surface area contributed by atoms with Crippen LogP contribution in [0.1, 0.15) is 31.5 Å². The van der Waals surface area contributed by atoms with Crippen molar-refractivity contribution in [2.45, 2.75) is 33.3 Å². The van der Waals surface area contributed by atoms with Gasteiger partial charge in [0.2, 0.25) is 0 Å². The van der Waals surface area contributed by atoms with Gasteiger partial charge in [0.05, 0.1) is 17.8 Å². The Morgan fingerprint density at radius 2 is 2.05 bits per heavy atom. The Labute approximate surface area is 115 Å². The fourth-order valence-corrected chi connectivity index (χ4v) is 2.33. The fraction of sp³-hybridized carbons (Fsp3) is 0.438. The Bertz CT molecular complexity index is 552. The molecule has 2 rings (SSSR count). The quantitative estimate of drug-likeness (QED) is 0.856. The molecule has 1 heterocycles. The third kappa shape index (κ3) is 3.24. The summed E-state index contributed by atoms with van der Waals surface area (Å²) in [7, 11) is 1.70. The van der Waals surface area contributed by atoms with Gasteiger partial charge in [0, 0.05) is 24.7 Å². The number of pyridine rings is 1. The van der Waals surface area contributed by atoms with Crippen LogP contribution in [0.3, 0.4) is 0 Å². The lowest BCUT2D eigenvalue weighted by molar-refractivity contribution is 0.182. The highest BCUT2D eigenvalue weighted by molar-refractivity contribution is 5.92. The van der Waals surface area contributed by atoms with Crippen LogP contribution in [0.15, 0.2) is 24.3 Å². The van der Waals surface area contributed by atoms with Crippen LogP contribution in [-0.4, -0.2) is 18.6 Å². The van der Waals surface area contributed by atoms with Crippen molar-refractivity contribution in [3.8, 4) is 0 Å². The monoisotopic (exact) mass is 258 g/mol. The van der Waals surface area contributed by atoms with Crippen molar-refractivity contribution in [1.29, 1.82) is 0 Å². The molecule has 0 atom stereocenters. The number of nitrogens with one attached hydrogen (secondary N) is 1. The van der Waals surface area contributed by atoms with Crippen LogP contribution in [0.25, 0.3) is 10.9 Å². The number of ether oxygens (including phenoxy) is 1. The third-order valence-corrected chi connectivity index (χ3v) is 3.12. The molecule has 0 saturated heterocycles. The van der Waals surface area contributed by atoms with Crippen molar-refractivity contribution < 1.29 is 4.74 Å².